The Morgan fingerprint density at radius 2 is 1.78 bits per heavy atom. The molecule has 0 bridgehead atoms. The number of fused-ring (bicyclic) bond motifs is 3. The highest BCUT2D eigenvalue weighted by Gasteiger charge is 2.30. The number of nitrogens with one attached hydrogen (secondary N) is 1. The number of anilines is 3. The molecule has 4 rings (SSSR count). The number of quaternary nitrogens is 1. The Bertz CT molecular complexity index is 864. The molecule has 2 aromatic rings. The summed E-state index contributed by atoms with van der Waals surface area (Å²) >= 11 is 0. The molecule has 0 aromatic heterocycles. The summed E-state index contributed by atoms with van der Waals surface area (Å²) in [5.41, 5.74) is 23.0. The van der Waals surface area contributed by atoms with Crippen LogP contribution >= 0.6 is 0 Å². The summed E-state index contributed by atoms with van der Waals surface area (Å²) in [6.45, 7) is 2.99. The van der Waals surface area contributed by atoms with Gasteiger partial charge >= 0.3 is 0 Å². The van der Waals surface area contributed by atoms with Crippen LogP contribution in [0.2, 0.25) is 0 Å². The molecule has 0 amide bonds. The van der Waals surface area contributed by atoms with Crippen molar-refractivity contribution in [3.8, 4) is 16.9 Å². The summed E-state index contributed by atoms with van der Waals surface area (Å²) in [6, 6.07) is 7.74. The molecule has 2 aliphatic rings. The third-order valence-electron chi connectivity index (χ3n) is 5.84. The van der Waals surface area contributed by atoms with Crippen molar-refractivity contribution in [2.24, 2.45) is 0 Å². The highest BCUT2D eigenvalue weighted by molar-refractivity contribution is 5.89. The standard InChI is InChI=1S/C20H27N5O2/c1-2-24(12-5-3-4-6-12)25(26)17-10-8-13-14-7-9-16(21)19(23)20(14)27-11-15(13)18(17)22/h7-10,12,25H,2-6,11,21-23H2,1H3. The predicted octanol–water partition coefficient (Wildman–Crippen LogP) is 2.19. The zero-order valence-electron chi connectivity index (χ0n) is 15.6. The van der Waals surface area contributed by atoms with Crippen molar-refractivity contribution in [1.29, 1.82) is 0 Å². The zero-order chi connectivity index (χ0) is 19.1. The molecule has 7 heteroatoms. The van der Waals surface area contributed by atoms with Crippen LogP contribution in [-0.4, -0.2) is 17.6 Å². The maximum atomic E-state index is 13.2. The Kier molecular flexibility index (Phi) is 4.59. The molecule has 144 valence electrons. The highest BCUT2D eigenvalue weighted by Crippen LogP contribution is 2.45. The van der Waals surface area contributed by atoms with Gasteiger partial charge in [-0.2, -0.15) is 0 Å². The number of rotatable bonds is 4. The predicted molar refractivity (Wildman–Crippen MR) is 108 cm³/mol. The number of ether oxygens (including phenoxy) is 1. The molecule has 0 saturated heterocycles. The first-order chi connectivity index (χ1) is 13.0. The number of nitrogen functional groups attached to an aromatic ring is 3. The van der Waals surface area contributed by atoms with Gasteiger partial charge in [0.15, 0.2) is 11.4 Å². The van der Waals surface area contributed by atoms with Crippen LogP contribution in [0.4, 0.5) is 22.7 Å². The van der Waals surface area contributed by atoms with E-state index in [9.17, 15) is 5.21 Å². The van der Waals surface area contributed by atoms with Crippen LogP contribution in [0.25, 0.3) is 11.1 Å². The van der Waals surface area contributed by atoms with Gasteiger partial charge in [0, 0.05) is 23.7 Å². The first-order valence-electron chi connectivity index (χ1n) is 9.56. The lowest BCUT2D eigenvalue weighted by atomic mass is 9.94. The fourth-order valence-electron chi connectivity index (χ4n) is 4.32. The van der Waals surface area contributed by atoms with Gasteiger partial charge in [-0.15, -0.1) is 5.01 Å². The maximum Gasteiger partial charge on any atom is 0.174 e. The van der Waals surface area contributed by atoms with Crippen LogP contribution < -0.4 is 27.1 Å². The van der Waals surface area contributed by atoms with Crippen molar-refractivity contribution >= 4 is 22.7 Å². The molecule has 1 heterocycles. The summed E-state index contributed by atoms with van der Waals surface area (Å²) < 4.78 is 5.85. The average Bonchev–Trinajstić information content (AvgIpc) is 3.19. The van der Waals surface area contributed by atoms with Gasteiger partial charge in [0.05, 0.1) is 17.4 Å². The lowest BCUT2D eigenvalue weighted by Crippen LogP contribution is -3.10. The number of benzene rings is 2. The van der Waals surface area contributed by atoms with E-state index in [2.05, 4.69) is 0 Å². The molecule has 1 unspecified atom stereocenters. The molecule has 0 spiro atoms. The van der Waals surface area contributed by atoms with E-state index in [0.29, 0.717) is 41.1 Å². The van der Waals surface area contributed by atoms with E-state index in [0.717, 1.165) is 29.5 Å². The van der Waals surface area contributed by atoms with Crippen molar-refractivity contribution in [1.82, 2.24) is 5.01 Å². The van der Waals surface area contributed by atoms with Gasteiger partial charge in [-0.3, -0.25) is 5.17 Å². The van der Waals surface area contributed by atoms with E-state index in [1.807, 2.05) is 30.1 Å². The molecular weight excluding hydrogens is 342 g/mol. The second-order valence-corrected chi connectivity index (χ2v) is 7.32. The van der Waals surface area contributed by atoms with Crippen molar-refractivity contribution < 1.29 is 9.91 Å². The third kappa shape index (κ3) is 2.88. The van der Waals surface area contributed by atoms with E-state index in [1.165, 1.54) is 12.8 Å². The second-order valence-electron chi connectivity index (χ2n) is 7.32. The Morgan fingerprint density at radius 1 is 1.07 bits per heavy atom. The van der Waals surface area contributed by atoms with E-state index in [4.69, 9.17) is 21.9 Å². The third-order valence-corrected chi connectivity index (χ3v) is 5.84. The Morgan fingerprint density at radius 3 is 2.48 bits per heavy atom. The number of hydrogen-bond donors (Lipinski definition) is 4. The fraction of sp³-hybridized carbons (Fsp3) is 0.400. The molecule has 1 atom stereocenters. The second kappa shape index (κ2) is 6.92. The maximum absolute atomic E-state index is 13.2. The lowest BCUT2D eigenvalue weighted by Gasteiger charge is -2.37. The minimum atomic E-state index is 0.00677. The topological polar surface area (TPSA) is 118 Å². The monoisotopic (exact) mass is 369 g/mol. The molecule has 1 aliphatic carbocycles. The minimum absolute atomic E-state index is 0.00677. The molecular formula is C20H27N5O2. The fourth-order valence-corrected chi connectivity index (χ4v) is 4.32. The average molecular weight is 369 g/mol. The van der Waals surface area contributed by atoms with Gasteiger partial charge in [0.25, 0.3) is 0 Å². The van der Waals surface area contributed by atoms with Crippen LogP contribution in [0.3, 0.4) is 0 Å². The van der Waals surface area contributed by atoms with Gasteiger partial charge in [-0.05, 0) is 43.5 Å². The SMILES string of the molecule is CCN(C1CCCC1)[NH+]([O-])c1ccc2c(c1N)COc1c-2ccc(N)c1N. The van der Waals surface area contributed by atoms with Crippen LogP contribution in [0.15, 0.2) is 24.3 Å². The molecule has 7 nitrogen and oxygen atoms in total. The van der Waals surface area contributed by atoms with Crippen molar-refractivity contribution in [3.63, 3.8) is 0 Å². The Hall–Kier alpha value is -2.48. The van der Waals surface area contributed by atoms with E-state index in [1.54, 1.807) is 6.07 Å². The smallest absolute Gasteiger partial charge is 0.174 e. The summed E-state index contributed by atoms with van der Waals surface area (Å²) in [4.78, 5) is 0. The lowest BCUT2D eigenvalue weighted by molar-refractivity contribution is -0.916. The molecule has 1 aliphatic heterocycles. The van der Waals surface area contributed by atoms with Gasteiger partial charge in [0.1, 0.15) is 12.3 Å². The van der Waals surface area contributed by atoms with Crippen molar-refractivity contribution in [3.05, 3.63) is 35.0 Å². The van der Waals surface area contributed by atoms with Gasteiger partial charge in [-0.1, -0.05) is 12.8 Å². The zero-order valence-corrected chi connectivity index (χ0v) is 15.6. The quantitative estimate of drug-likeness (QED) is 0.485. The van der Waals surface area contributed by atoms with E-state index >= 15 is 0 Å². The van der Waals surface area contributed by atoms with Crippen LogP contribution in [0.1, 0.15) is 38.2 Å². The first kappa shape index (κ1) is 17.9. The molecule has 0 radical (unpaired) electrons. The van der Waals surface area contributed by atoms with Gasteiger partial charge in [0.2, 0.25) is 0 Å². The summed E-state index contributed by atoms with van der Waals surface area (Å²) in [6.07, 6.45) is 4.51. The Balaban J connectivity index is 1.73. The van der Waals surface area contributed by atoms with Gasteiger partial charge in [-0.25, -0.2) is 0 Å². The van der Waals surface area contributed by atoms with E-state index in [-0.39, 0.29) is 11.8 Å². The molecule has 27 heavy (non-hydrogen) atoms. The van der Waals surface area contributed by atoms with Crippen molar-refractivity contribution in [2.45, 2.75) is 45.3 Å². The normalized spacial score (nSPS) is 17.4. The van der Waals surface area contributed by atoms with Crippen LogP contribution in [0, 0.1) is 5.21 Å². The van der Waals surface area contributed by atoms with Crippen LogP contribution in [-0.2, 0) is 6.61 Å². The summed E-state index contributed by atoms with van der Waals surface area (Å²) in [7, 11) is 0. The van der Waals surface area contributed by atoms with Crippen molar-refractivity contribution in [2.75, 3.05) is 23.7 Å². The summed E-state index contributed by atoms with van der Waals surface area (Å²) in [5.74, 6) is 0.585. The number of nitrogens with zero attached hydrogens (tertiary/aromatic N) is 1. The molecule has 2 aromatic carbocycles. The van der Waals surface area contributed by atoms with Crippen LogP contribution in [0.5, 0.6) is 5.75 Å². The van der Waals surface area contributed by atoms with E-state index < -0.39 is 0 Å². The highest BCUT2D eigenvalue weighted by atomic mass is 16.6. The Labute approximate surface area is 159 Å². The minimum Gasteiger partial charge on any atom is -0.608 e. The molecule has 1 fully saturated rings. The molecule has 1 saturated carbocycles. The molecule has 7 N–H and O–H groups in total. The summed E-state index contributed by atoms with van der Waals surface area (Å²) in [5, 5.41) is 15.1. The first-order valence-corrected chi connectivity index (χ1v) is 9.56. The number of nitrogens with two attached hydrogens (primary N) is 3. The van der Waals surface area contributed by atoms with Gasteiger partial charge < -0.3 is 27.1 Å². The number of hydrogen-bond acceptors (Lipinski definition) is 6. The largest absolute Gasteiger partial charge is 0.608 e.